The maximum Gasteiger partial charge on any atom is 0.223 e. The number of nitrogens with zero attached hydrogens (tertiary/aromatic N) is 5. The summed E-state index contributed by atoms with van der Waals surface area (Å²) in [4.78, 5) is 13.7. The van der Waals surface area contributed by atoms with Gasteiger partial charge < -0.3 is 5.32 Å². The summed E-state index contributed by atoms with van der Waals surface area (Å²) in [6, 6.07) is 4.36. The lowest BCUT2D eigenvalue weighted by atomic mass is 10.1. The number of pyridine rings is 1. The summed E-state index contributed by atoms with van der Waals surface area (Å²) in [5.74, 6) is 0.646. The molecule has 0 atom stereocenters. The molecule has 0 fully saturated rings. The summed E-state index contributed by atoms with van der Waals surface area (Å²) in [7, 11) is 0. The predicted octanol–water partition coefficient (Wildman–Crippen LogP) is 4.37. The number of rotatable bonds is 6. The van der Waals surface area contributed by atoms with E-state index in [-0.39, 0.29) is 6.04 Å². The third-order valence-electron chi connectivity index (χ3n) is 4.61. The van der Waals surface area contributed by atoms with Crippen molar-refractivity contribution in [3.8, 4) is 22.5 Å². The fraction of sp³-hybridized carbons (Fsp3) is 0.333. The van der Waals surface area contributed by atoms with Crippen LogP contribution in [0.5, 0.6) is 0 Å². The fourth-order valence-electron chi connectivity index (χ4n) is 3.14. The molecule has 6 heteroatoms. The monoisotopic (exact) mass is 360 g/mol. The fourth-order valence-corrected chi connectivity index (χ4v) is 3.14. The molecular formula is C21H24N6. The van der Waals surface area contributed by atoms with E-state index in [0.717, 1.165) is 47.6 Å². The molecule has 4 rings (SSSR count). The Kier molecular flexibility index (Phi) is 4.71. The van der Waals surface area contributed by atoms with Crippen LogP contribution in [0.2, 0.25) is 0 Å². The van der Waals surface area contributed by atoms with Gasteiger partial charge in [0, 0.05) is 48.7 Å². The van der Waals surface area contributed by atoms with Crippen LogP contribution in [0, 0.1) is 0 Å². The first-order valence-corrected chi connectivity index (χ1v) is 9.48. The molecular weight excluding hydrogens is 336 g/mol. The summed E-state index contributed by atoms with van der Waals surface area (Å²) in [6.45, 7) is 7.22. The van der Waals surface area contributed by atoms with E-state index in [1.54, 1.807) is 6.20 Å². The highest BCUT2D eigenvalue weighted by atomic mass is 15.3. The van der Waals surface area contributed by atoms with Gasteiger partial charge in [-0.3, -0.25) is 9.67 Å². The minimum absolute atomic E-state index is 0.263. The quantitative estimate of drug-likeness (QED) is 0.707. The van der Waals surface area contributed by atoms with Crippen molar-refractivity contribution >= 4 is 12.0 Å². The van der Waals surface area contributed by atoms with Crippen molar-refractivity contribution in [3.63, 3.8) is 0 Å². The van der Waals surface area contributed by atoms with E-state index in [2.05, 4.69) is 60.5 Å². The van der Waals surface area contributed by atoms with E-state index >= 15 is 0 Å². The highest BCUT2D eigenvalue weighted by Crippen LogP contribution is 2.32. The average Bonchev–Trinajstić information content (AvgIpc) is 3.33. The van der Waals surface area contributed by atoms with Gasteiger partial charge in [-0.2, -0.15) is 5.10 Å². The van der Waals surface area contributed by atoms with Crippen molar-refractivity contribution in [2.75, 3.05) is 11.9 Å². The average molecular weight is 360 g/mol. The zero-order valence-electron chi connectivity index (χ0n) is 16.0. The second-order valence-electron chi connectivity index (χ2n) is 7.02. The van der Waals surface area contributed by atoms with E-state index in [1.807, 2.05) is 16.9 Å². The molecule has 1 aliphatic rings. The molecule has 0 bridgehead atoms. The molecule has 138 valence electrons. The second kappa shape index (κ2) is 7.31. The Morgan fingerprint density at radius 1 is 1.26 bits per heavy atom. The Bertz CT molecular complexity index is 986. The molecule has 0 radical (unpaired) electrons. The molecule has 0 aliphatic heterocycles. The number of nitrogens with one attached hydrogen (secondary N) is 1. The molecule has 3 heterocycles. The Labute approximate surface area is 159 Å². The van der Waals surface area contributed by atoms with Gasteiger partial charge in [0.15, 0.2) is 0 Å². The largest absolute Gasteiger partial charge is 0.354 e. The SMILES string of the molecule is CCCNc1nccc(-c2cn(C(C)C)nc2-c2cnc3c(c2)C=CC3)n1. The molecule has 0 spiro atoms. The zero-order valence-corrected chi connectivity index (χ0v) is 16.0. The maximum absolute atomic E-state index is 4.85. The van der Waals surface area contributed by atoms with E-state index in [4.69, 9.17) is 10.1 Å². The van der Waals surface area contributed by atoms with Crippen LogP contribution in [0.25, 0.3) is 28.6 Å². The third-order valence-corrected chi connectivity index (χ3v) is 4.61. The smallest absolute Gasteiger partial charge is 0.223 e. The maximum atomic E-state index is 4.85. The van der Waals surface area contributed by atoms with Crippen molar-refractivity contribution in [3.05, 3.63) is 48.1 Å². The van der Waals surface area contributed by atoms with Gasteiger partial charge >= 0.3 is 0 Å². The van der Waals surface area contributed by atoms with Crippen molar-refractivity contribution in [2.45, 2.75) is 39.7 Å². The summed E-state index contributed by atoms with van der Waals surface area (Å²) in [5, 5.41) is 8.10. The molecule has 3 aromatic heterocycles. The number of allylic oxidation sites excluding steroid dienone is 1. The molecule has 0 saturated carbocycles. The Balaban J connectivity index is 1.80. The van der Waals surface area contributed by atoms with Gasteiger partial charge in [-0.1, -0.05) is 19.1 Å². The first-order chi connectivity index (χ1) is 13.2. The van der Waals surface area contributed by atoms with Crippen LogP contribution in [-0.4, -0.2) is 31.3 Å². The van der Waals surface area contributed by atoms with Crippen LogP contribution in [-0.2, 0) is 6.42 Å². The normalized spacial score (nSPS) is 12.6. The van der Waals surface area contributed by atoms with Crippen molar-refractivity contribution in [1.29, 1.82) is 0 Å². The van der Waals surface area contributed by atoms with Crippen LogP contribution in [0.1, 0.15) is 44.5 Å². The van der Waals surface area contributed by atoms with Gasteiger partial charge in [-0.05, 0) is 38.0 Å². The van der Waals surface area contributed by atoms with E-state index in [1.165, 1.54) is 5.56 Å². The summed E-state index contributed by atoms with van der Waals surface area (Å²) < 4.78 is 1.98. The lowest BCUT2D eigenvalue weighted by molar-refractivity contribution is 0.534. The summed E-state index contributed by atoms with van der Waals surface area (Å²) >= 11 is 0. The Morgan fingerprint density at radius 2 is 2.15 bits per heavy atom. The molecule has 0 unspecified atom stereocenters. The highest BCUT2D eigenvalue weighted by molar-refractivity contribution is 5.80. The van der Waals surface area contributed by atoms with Gasteiger partial charge in [0.1, 0.15) is 5.69 Å². The molecule has 0 saturated heterocycles. The van der Waals surface area contributed by atoms with Crippen LogP contribution in [0.4, 0.5) is 5.95 Å². The third kappa shape index (κ3) is 3.47. The number of anilines is 1. The standard InChI is InChI=1S/C21H24N6/c1-4-9-22-21-23-10-8-19(25-21)17-13-27(14(2)3)26-20(17)16-11-15-6-5-7-18(15)24-12-16/h5-6,8,10-14H,4,7,9H2,1-3H3,(H,22,23,25). The van der Waals surface area contributed by atoms with Crippen molar-refractivity contribution in [1.82, 2.24) is 24.7 Å². The second-order valence-corrected chi connectivity index (χ2v) is 7.02. The van der Waals surface area contributed by atoms with Gasteiger partial charge in [0.05, 0.1) is 11.4 Å². The Hall–Kier alpha value is -3.02. The minimum Gasteiger partial charge on any atom is -0.354 e. The lowest BCUT2D eigenvalue weighted by Gasteiger charge is -2.06. The predicted molar refractivity (Wildman–Crippen MR) is 108 cm³/mol. The first-order valence-electron chi connectivity index (χ1n) is 9.48. The molecule has 0 aromatic carbocycles. The molecule has 27 heavy (non-hydrogen) atoms. The van der Waals surface area contributed by atoms with Gasteiger partial charge in [0.2, 0.25) is 5.95 Å². The van der Waals surface area contributed by atoms with E-state index < -0.39 is 0 Å². The molecule has 3 aromatic rings. The lowest BCUT2D eigenvalue weighted by Crippen LogP contribution is -2.04. The van der Waals surface area contributed by atoms with Crippen molar-refractivity contribution in [2.24, 2.45) is 0 Å². The molecule has 1 aliphatic carbocycles. The minimum atomic E-state index is 0.263. The number of hydrogen-bond acceptors (Lipinski definition) is 5. The summed E-state index contributed by atoms with van der Waals surface area (Å²) in [5.41, 5.74) is 6.06. The van der Waals surface area contributed by atoms with E-state index in [9.17, 15) is 0 Å². The van der Waals surface area contributed by atoms with Gasteiger partial charge in [-0.15, -0.1) is 0 Å². The number of hydrogen-bond donors (Lipinski definition) is 1. The van der Waals surface area contributed by atoms with Crippen LogP contribution in [0.15, 0.2) is 36.8 Å². The molecule has 6 nitrogen and oxygen atoms in total. The van der Waals surface area contributed by atoms with Gasteiger partial charge in [-0.25, -0.2) is 9.97 Å². The molecule has 0 amide bonds. The Morgan fingerprint density at radius 3 is 2.96 bits per heavy atom. The zero-order chi connectivity index (χ0) is 18.8. The van der Waals surface area contributed by atoms with Crippen LogP contribution in [0.3, 0.4) is 0 Å². The van der Waals surface area contributed by atoms with E-state index in [0.29, 0.717) is 5.95 Å². The first kappa shape index (κ1) is 17.4. The van der Waals surface area contributed by atoms with Gasteiger partial charge in [0.25, 0.3) is 0 Å². The van der Waals surface area contributed by atoms with Crippen molar-refractivity contribution < 1.29 is 0 Å². The number of fused-ring (bicyclic) bond motifs is 1. The van der Waals surface area contributed by atoms with Crippen LogP contribution >= 0.6 is 0 Å². The summed E-state index contributed by atoms with van der Waals surface area (Å²) in [6.07, 6.45) is 12.0. The topological polar surface area (TPSA) is 68.5 Å². The van der Waals surface area contributed by atoms with Crippen LogP contribution < -0.4 is 5.32 Å². The molecule has 1 N–H and O–H groups in total. The highest BCUT2D eigenvalue weighted by Gasteiger charge is 2.18. The number of aromatic nitrogens is 5.